The van der Waals surface area contributed by atoms with Crippen LogP contribution in [0.25, 0.3) is 0 Å². The second kappa shape index (κ2) is 6.19. The second-order valence-electron chi connectivity index (χ2n) is 0.896. The number of hydrogen-bond acceptors (Lipinski definition) is 4. The summed E-state index contributed by atoms with van der Waals surface area (Å²) in [5, 5.41) is 0. The van der Waals surface area contributed by atoms with Gasteiger partial charge in [0.05, 0.1) is 0 Å². The Morgan fingerprint density at radius 3 is 0.636 bits per heavy atom. The molecule has 0 aromatic heterocycles. The molecule has 2 radical (unpaired) electrons. The Bertz CT molecular complexity index is 208. The summed E-state index contributed by atoms with van der Waals surface area (Å²) in [4.78, 5) is 0. The van der Waals surface area contributed by atoms with Crippen molar-refractivity contribution < 1.29 is 35.0 Å². The molecule has 0 fully saturated rings. The van der Waals surface area contributed by atoms with Crippen molar-refractivity contribution in [3.05, 3.63) is 0 Å². The van der Waals surface area contributed by atoms with E-state index in [1.54, 1.807) is 0 Å². The Labute approximate surface area is 82.2 Å². The first-order chi connectivity index (χ1) is 4.00. The topological polar surface area (TPSA) is 149 Å². The molecule has 0 aliphatic rings. The third-order valence-electron chi connectivity index (χ3n) is 0. The molecule has 0 saturated carbocycles. The molecule has 0 aromatic rings. The molecule has 0 spiro atoms. The predicted molar refractivity (Wildman–Crippen MR) is 34.1 cm³/mol. The smallest absolute Gasteiger partial charge is 0.264 e. The largest absolute Gasteiger partial charge is 0.394 e. The fraction of sp³-hybridized carbons (Fsp3) is 0. The minimum absolute atomic E-state index is 0. The van der Waals surface area contributed by atoms with E-state index < -0.39 is 20.8 Å². The van der Waals surface area contributed by atoms with Crippen molar-refractivity contribution in [3.8, 4) is 0 Å². The zero-order chi connectivity index (χ0) is 9.00. The van der Waals surface area contributed by atoms with E-state index in [-0.39, 0.29) is 26.6 Å². The van der Waals surface area contributed by atoms with E-state index in [1.807, 2.05) is 0 Å². The van der Waals surface area contributed by atoms with Gasteiger partial charge in [-0.05, 0) is 0 Å². The SMILES string of the molecule is O=S(=O)(O)O.O=S(=O)(O)O.[Po]. The van der Waals surface area contributed by atoms with Crippen LogP contribution in [0.3, 0.4) is 0 Å². The maximum absolute atomic E-state index is 8.74. The molecule has 11 heavy (non-hydrogen) atoms. The third-order valence-corrected chi connectivity index (χ3v) is 0. The standard InChI is InChI=1S/2H2O4S.Po/c2*1-5(2,3)4;/h2*(H2,1,2,3,4);. The van der Waals surface area contributed by atoms with Crippen LogP contribution < -0.4 is 0 Å². The van der Waals surface area contributed by atoms with Crippen LogP contribution in [0.2, 0.25) is 0 Å². The number of hydrogen-bond donors (Lipinski definition) is 4. The van der Waals surface area contributed by atoms with Crippen LogP contribution in [-0.4, -0.2) is 61.6 Å². The predicted octanol–water partition coefficient (Wildman–Crippen LogP) is -1.69. The summed E-state index contributed by atoms with van der Waals surface area (Å²) < 4.78 is 63.2. The molecule has 0 aromatic carbocycles. The molecule has 11 heteroatoms. The van der Waals surface area contributed by atoms with Gasteiger partial charge < -0.3 is 0 Å². The molecule has 0 saturated heterocycles. The van der Waals surface area contributed by atoms with Gasteiger partial charge in [0.2, 0.25) is 0 Å². The quantitative estimate of drug-likeness (QED) is 0.349. The van der Waals surface area contributed by atoms with E-state index in [9.17, 15) is 0 Å². The number of rotatable bonds is 0. The summed E-state index contributed by atoms with van der Waals surface area (Å²) in [6.07, 6.45) is 0. The van der Waals surface area contributed by atoms with Crippen molar-refractivity contribution in [2.75, 3.05) is 0 Å². The van der Waals surface area contributed by atoms with Gasteiger partial charge in [0.15, 0.2) is 0 Å². The molecular formula is H4O8PoS2. The van der Waals surface area contributed by atoms with E-state index in [2.05, 4.69) is 0 Å². The Morgan fingerprint density at radius 2 is 0.636 bits per heavy atom. The average molecular weight is 405 g/mol. The molecule has 0 rings (SSSR count). The fourth-order valence-electron chi connectivity index (χ4n) is 0. The second-order valence-corrected chi connectivity index (χ2v) is 2.69. The summed E-state index contributed by atoms with van der Waals surface area (Å²) in [5.41, 5.74) is 0. The molecule has 0 amide bonds. The third kappa shape index (κ3) is 1960. The van der Waals surface area contributed by atoms with Gasteiger partial charge >= 0.3 is 20.8 Å². The first kappa shape index (κ1) is 17.6. The molecule has 4 N–H and O–H groups in total. The van der Waals surface area contributed by atoms with Crippen LogP contribution in [0, 0.1) is 0 Å². The van der Waals surface area contributed by atoms with Gasteiger partial charge in [-0.1, -0.05) is 0 Å². The van der Waals surface area contributed by atoms with Crippen LogP contribution in [0.15, 0.2) is 0 Å². The van der Waals surface area contributed by atoms with Crippen molar-refractivity contribution in [3.63, 3.8) is 0 Å². The van der Waals surface area contributed by atoms with Crippen molar-refractivity contribution in [2.24, 2.45) is 0 Å². The van der Waals surface area contributed by atoms with Gasteiger partial charge in [-0.15, -0.1) is 0 Å². The van der Waals surface area contributed by atoms with E-state index in [0.717, 1.165) is 0 Å². The van der Waals surface area contributed by atoms with E-state index in [0.29, 0.717) is 0 Å². The van der Waals surface area contributed by atoms with Crippen LogP contribution >= 0.6 is 0 Å². The summed E-state index contributed by atoms with van der Waals surface area (Å²) in [7, 11) is -9.33. The van der Waals surface area contributed by atoms with Crippen molar-refractivity contribution >= 4 is 47.4 Å². The van der Waals surface area contributed by atoms with Crippen molar-refractivity contribution in [2.45, 2.75) is 0 Å². The summed E-state index contributed by atoms with van der Waals surface area (Å²) in [6.45, 7) is 0. The Balaban J connectivity index is -0.000000107. The zero-order valence-corrected chi connectivity index (χ0v) is 9.45. The van der Waals surface area contributed by atoms with Crippen LogP contribution in [-0.2, 0) is 20.8 Å². The summed E-state index contributed by atoms with van der Waals surface area (Å²) in [5.74, 6) is 0. The van der Waals surface area contributed by atoms with Crippen LogP contribution in [0.1, 0.15) is 0 Å². The molecule has 0 aliphatic carbocycles. The average Bonchev–Trinajstić information content (AvgIpc) is 1.12. The molecule has 8 nitrogen and oxygen atoms in total. The zero-order valence-electron chi connectivity index (χ0n) is 4.65. The molecule has 0 heterocycles. The molecule has 0 unspecified atom stereocenters. The normalized spacial score (nSPS) is 10.5. The Morgan fingerprint density at radius 1 is 0.636 bits per heavy atom. The first-order valence-electron chi connectivity index (χ1n) is 1.40. The summed E-state index contributed by atoms with van der Waals surface area (Å²) in [6, 6.07) is 0. The molecule has 0 atom stereocenters. The van der Waals surface area contributed by atoms with Gasteiger partial charge in [0.1, 0.15) is 0 Å². The fourth-order valence-corrected chi connectivity index (χ4v) is 0. The first-order valence-corrected chi connectivity index (χ1v) is 4.19. The van der Waals surface area contributed by atoms with Gasteiger partial charge in [-0.3, -0.25) is 18.2 Å². The molecule has 70 valence electrons. The van der Waals surface area contributed by atoms with Crippen molar-refractivity contribution in [1.29, 1.82) is 0 Å². The van der Waals surface area contributed by atoms with Crippen molar-refractivity contribution in [1.82, 2.24) is 0 Å². The molecule has 0 aliphatic heterocycles. The van der Waals surface area contributed by atoms with Gasteiger partial charge in [-0.2, -0.15) is 16.8 Å². The Kier molecular flexibility index (Phi) is 9.92. The van der Waals surface area contributed by atoms with Gasteiger partial charge in [-0.25, -0.2) is 0 Å². The van der Waals surface area contributed by atoms with E-state index >= 15 is 0 Å². The van der Waals surface area contributed by atoms with Crippen LogP contribution in [0.5, 0.6) is 0 Å². The van der Waals surface area contributed by atoms with E-state index in [1.165, 1.54) is 0 Å². The maximum atomic E-state index is 8.74. The Hall–Kier alpha value is 0.636. The van der Waals surface area contributed by atoms with E-state index in [4.69, 9.17) is 35.0 Å². The van der Waals surface area contributed by atoms with Crippen LogP contribution in [0.4, 0.5) is 0 Å². The minimum Gasteiger partial charge on any atom is -0.264 e. The monoisotopic (exact) mass is 405 g/mol. The van der Waals surface area contributed by atoms with Gasteiger partial charge in [0, 0.05) is 26.6 Å². The van der Waals surface area contributed by atoms with Gasteiger partial charge in [0.25, 0.3) is 0 Å². The molecule has 0 bridgehead atoms. The maximum Gasteiger partial charge on any atom is 0.394 e. The summed E-state index contributed by atoms with van der Waals surface area (Å²) >= 11 is 0. The molecular weight excluding hydrogens is 401 g/mol. The minimum atomic E-state index is -4.67.